The van der Waals surface area contributed by atoms with Crippen molar-refractivity contribution in [3.63, 3.8) is 0 Å². The Balaban J connectivity index is 1.86. The molecule has 1 unspecified atom stereocenters. The zero-order valence-corrected chi connectivity index (χ0v) is 10.8. The fourth-order valence-electron chi connectivity index (χ4n) is 1.76. The molecule has 5 nitrogen and oxygen atoms in total. The summed E-state index contributed by atoms with van der Waals surface area (Å²) < 4.78 is 10.4. The summed E-state index contributed by atoms with van der Waals surface area (Å²) in [6, 6.07) is 0.173. The van der Waals surface area contributed by atoms with Gasteiger partial charge in [-0.15, -0.1) is 0 Å². The summed E-state index contributed by atoms with van der Waals surface area (Å²) in [6.07, 6.45) is 3.43. The lowest BCUT2D eigenvalue weighted by molar-refractivity contribution is 0.158. The molecule has 1 aliphatic carbocycles. The molecule has 0 aromatic carbocycles. The normalized spacial score (nSPS) is 17.6. The highest BCUT2D eigenvalue weighted by molar-refractivity contribution is 5.04. The van der Waals surface area contributed by atoms with Crippen LogP contribution in [0.15, 0.2) is 4.52 Å². The Kier molecular flexibility index (Phi) is 4.12. The van der Waals surface area contributed by atoms with Crippen LogP contribution < -0.4 is 0 Å². The van der Waals surface area contributed by atoms with Gasteiger partial charge in [0.05, 0.1) is 6.04 Å². The van der Waals surface area contributed by atoms with E-state index in [0.29, 0.717) is 5.92 Å². The first-order valence-corrected chi connectivity index (χ1v) is 6.25. The van der Waals surface area contributed by atoms with Gasteiger partial charge in [-0.3, -0.25) is 4.90 Å². The largest absolute Gasteiger partial charge is 0.385 e. The van der Waals surface area contributed by atoms with Crippen LogP contribution in [-0.4, -0.2) is 42.3 Å². The number of methoxy groups -OCH3 is 1. The van der Waals surface area contributed by atoms with Crippen molar-refractivity contribution in [1.82, 2.24) is 15.0 Å². The standard InChI is InChI=1S/C12H21N3O2/c1-9(15(2)7-4-8-16-3)12-13-11(14-17-12)10-5-6-10/h9-10H,4-8H2,1-3H3. The molecule has 0 radical (unpaired) electrons. The lowest BCUT2D eigenvalue weighted by Gasteiger charge is -2.21. The molecule has 1 heterocycles. The van der Waals surface area contributed by atoms with Gasteiger partial charge in [-0.2, -0.15) is 4.98 Å². The van der Waals surface area contributed by atoms with E-state index in [2.05, 4.69) is 29.0 Å². The molecule has 0 bridgehead atoms. The predicted octanol–water partition coefficient (Wildman–Crippen LogP) is 1.98. The summed E-state index contributed by atoms with van der Waals surface area (Å²) in [5.74, 6) is 2.17. The minimum Gasteiger partial charge on any atom is -0.385 e. The molecule has 1 aromatic heterocycles. The van der Waals surface area contributed by atoms with E-state index in [4.69, 9.17) is 9.26 Å². The maximum absolute atomic E-state index is 5.32. The Hall–Kier alpha value is -0.940. The highest BCUT2D eigenvalue weighted by Gasteiger charge is 2.30. The predicted molar refractivity (Wildman–Crippen MR) is 63.8 cm³/mol. The van der Waals surface area contributed by atoms with Crippen LogP contribution in [0.25, 0.3) is 0 Å². The van der Waals surface area contributed by atoms with Gasteiger partial charge >= 0.3 is 0 Å². The number of nitrogens with zero attached hydrogens (tertiary/aromatic N) is 3. The third kappa shape index (κ3) is 3.26. The van der Waals surface area contributed by atoms with E-state index in [1.54, 1.807) is 7.11 Å². The molecule has 5 heteroatoms. The Labute approximate surface area is 102 Å². The zero-order chi connectivity index (χ0) is 12.3. The molecule has 0 saturated heterocycles. The zero-order valence-electron chi connectivity index (χ0n) is 10.8. The summed E-state index contributed by atoms with van der Waals surface area (Å²) in [6.45, 7) is 3.85. The van der Waals surface area contributed by atoms with Crippen LogP contribution in [-0.2, 0) is 4.74 Å². The van der Waals surface area contributed by atoms with Crippen LogP contribution in [0.1, 0.15) is 49.9 Å². The first-order valence-electron chi connectivity index (χ1n) is 6.25. The van der Waals surface area contributed by atoms with E-state index in [1.807, 2.05) is 0 Å². The average Bonchev–Trinajstić information content (AvgIpc) is 3.07. The highest BCUT2D eigenvalue weighted by atomic mass is 16.5. The van der Waals surface area contributed by atoms with Crippen LogP contribution >= 0.6 is 0 Å². The minimum absolute atomic E-state index is 0.173. The minimum atomic E-state index is 0.173. The molecular formula is C12H21N3O2. The van der Waals surface area contributed by atoms with Crippen LogP contribution in [0, 0.1) is 0 Å². The fourth-order valence-corrected chi connectivity index (χ4v) is 1.76. The Bertz CT molecular complexity index is 349. The molecule has 1 fully saturated rings. The first kappa shape index (κ1) is 12.5. The maximum Gasteiger partial charge on any atom is 0.243 e. The van der Waals surface area contributed by atoms with Gasteiger partial charge in [0, 0.05) is 26.2 Å². The van der Waals surface area contributed by atoms with E-state index >= 15 is 0 Å². The van der Waals surface area contributed by atoms with Gasteiger partial charge in [0.1, 0.15) is 0 Å². The number of aromatic nitrogens is 2. The van der Waals surface area contributed by atoms with E-state index in [0.717, 1.165) is 31.3 Å². The van der Waals surface area contributed by atoms with E-state index in [1.165, 1.54) is 12.8 Å². The lowest BCUT2D eigenvalue weighted by Crippen LogP contribution is -2.24. The van der Waals surface area contributed by atoms with Crippen molar-refractivity contribution in [2.45, 2.75) is 38.1 Å². The first-order chi connectivity index (χ1) is 8.22. The molecular weight excluding hydrogens is 218 g/mol. The number of hydrogen-bond acceptors (Lipinski definition) is 5. The quantitative estimate of drug-likeness (QED) is 0.681. The molecule has 17 heavy (non-hydrogen) atoms. The van der Waals surface area contributed by atoms with Gasteiger partial charge < -0.3 is 9.26 Å². The second-order valence-corrected chi connectivity index (χ2v) is 4.77. The van der Waals surface area contributed by atoms with Crippen molar-refractivity contribution in [3.05, 3.63) is 11.7 Å². The second-order valence-electron chi connectivity index (χ2n) is 4.77. The second kappa shape index (κ2) is 5.60. The summed E-state index contributed by atoms with van der Waals surface area (Å²) in [5.41, 5.74) is 0. The monoisotopic (exact) mass is 239 g/mol. The molecule has 1 aliphatic rings. The Morgan fingerprint density at radius 3 is 2.94 bits per heavy atom. The molecule has 0 spiro atoms. The summed E-state index contributed by atoms with van der Waals surface area (Å²) >= 11 is 0. The number of hydrogen-bond donors (Lipinski definition) is 0. The SMILES string of the molecule is COCCCN(C)C(C)c1nc(C2CC2)no1. The van der Waals surface area contributed by atoms with Crippen molar-refractivity contribution in [2.75, 3.05) is 27.3 Å². The number of rotatable bonds is 7. The third-order valence-electron chi connectivity index (χ3n) is 3.28. The van der Waals surface area contributed by atoms with E-state index in [9.17, 15) is 0 Å². The third-order valence-corrected chi connectivity index (χ3v) is 3.28. The van der Waals surface area contributed by atoms with Gasteiger partial charge in [0.2, 0.25) is 5.89 Å². The molecule has 2 rings (SSSR count). The number of ether oxygens (including phenoxy) is 1. The molecule has 0 N–H and O–H groups in total. The molecule has 1 aromatic rings. The summed E-state index contributed by atoms with van der Waals surface area (Å²) in [4.78, 5) is 6.68. The van der Waals surface area contributed by atoms with Crippen LogP contribution in [0.3, 0.4) is 0 Å². The van der Waals surface area contributed by atoms with Crippen LogP contribution in [0.2, 0.25) is 0 Å². The fraction of sp³-hybridized carbons (Fsp3) is 0.833. The Morgan fingerprint density at radius 2 is 2.29 bits per heavy atom. The molecule has 0 aliphatic heterocycles. The molecule has 0 amide bonds. The molecule has 96 valence electrons. The van der Waals surface area contributed by atoms with Crippen molar-refractivity contribution in [1.29, 1.82) is 0 Å². The molecule has 1 saturated carbocycles. The lowest BCUT2D eigenvalue weighted by atomic mass is 10.2. The van der Waals surface area contributed by atoms with Gasteiger partial charge in [-0.1, -0.05) is 5.16 Å². The van der Waals surface area contributed by atoms with Crippen molar-refractivity contribution < 1.29 is 9.26 Å². The summed E-state index contributed by atoms with van der Waals surface area (Å²) in [7, 11) is 3.80. The Morgan fingerprint density at radius 1 is 1.53 bits per heavy atom. The van der Waals surface area contributed by atoms with Crippen molar-refractivity contribution in [2.24, 2.45) is 0 Å². The highest BCUT2D eigenvalue weighted by Crippen LogP contribution is 2.38. The topological polar surface area (TPSA) is 51.4 Å². The van der Waals surface area contributed by atoms with Crippen LogP contribution in [0.4, 0.5) is 0 Å². The van der Waals surface area contributed by atoms with E-state index in [-0.39, 0.29) is 6.04 Å². The molecule has 1 atom stereocenters. The van der Waals surface area contributed by atoms with E-state index < -0.39 is 0 Å². The summed E-state index contributed by atoms with van der Waals surface area (Å²) in [5, 5.41) is 4.04. The van der Waals surface area contributed by atoms with Crippen molar-refractivity contribution >= 4 is 0 Å². The van der Waals surface area contributed by atoms with Gasteiger partial charge in [-0.05, 0) is 33.2 Å². The van der Waals surface area contributed by atoms with Crippen LogP contribution in [0.5, 0.6) is 0 Å². The average molecular weight is 239 g/mol. The van der Waals surface area contributed by atoms with Crippen molar-refractivity contribution in [3.8, 4) is 0 Å². The van der Waals surface area contributed by atoms with Gasteiger partial charge in [0.15, 0.2) is 5.82 Å². The maximum atomic E-state index is 5.32. The van der Waals surface area contributed by atoms with Gasteiger partial charge in [-0.25, -0.2) is 0 Å². The smallest absolute Gasteiger partial charge is 0.243 e. The van der Waals surface area contributed by atoms with Gasteiger partial charge in [0.25, 0.3) is 0 Å².